The summed E-state index contributed by atoms with van der Waals surface area (Å²) in [6.07, 6.45) is -2.62. The Labute approximate surface area is 606 Å². The van der Waals surface area contributed by atoms with Gasteiger partial charge in [-0.1, -0.05) is 150 Å². The van der Waals surface area contributed by atoms with Crippen LogP contribution in [0.4, 0.5) is 29.4 Å². The minimum absolute atomic E-state index is 0.0212. The zero-order chi connectivity index (χ0) is 74.3. The number of piperazine rings is 1. The molecule has 4 atom stereocenters. The Morgan fingerprint density at radius 3 is 1.92 bits per heavy atom. The predicted octanol–water partition coefficient (Wildman–Crippen LogP) is 9.78. The van der Waals surface area contributed by atoms with E-state index < -0.39 is 72.3 Å². The molecule has 2 fully saturated rings. The lowest BCUT2D eigenvalue weighted by Crippen LogP contribution is -2.65. The molecule has 546 valence electrons. The van der Waals surface area contributed by atoms with Crippen molar-refractivity contribution < 1.29 is 62.4 Å². The van der Waals surface area contributed by atoms with Crippen molar-refractivity contribution in [3.8, 4) is 5.75 Å². The number of hydrazine groups is 2. The summed E-state index contributed by atoms with van der Waals surface area (Å²) in [5.41, 5.74) is 11.5. The summed E-state index contributed by atoms with van der Waals surface area (Å²) in [6.45, 7) is 14.7. The summed E-state index contributed by atoms with van der Waals surface area (Å²) < 4.78 is 24.1. The number of amides is 10. The number of nitrogen functional groups attached to an aromatic ring is 1. The number of benzene rings is 6. The normalized spacial score (nSPS) is 15.1. The fourth-order valence-electron chi connectivity index (χ4n) is 11.6. The molecule has 0 bridgehead atoms. The first kappa shape index (κ1) is 76.7. The number of phenols is 1. The SMILES string of the molecule is CCOC(CN(Cc1cccc2sc(NC(=O)OC(C)(C)C)nc12)C(=O)[C@H](Cc1ccc(C)cc1)NC(=O)CN(C(=O)OC(C)(C)C)N(C)C(=O)NCc1ccccc1)OC.CN(C(=O)NCc1ccccc1)N1CC(=O)N2[C@@H](Cc3ccc(O)cc3)C(=O)N(Cc3cccc4sc(N)nc34)C[C@@H]21. The number of carbonyl (C=O) groups is 8. The maximum Gasteiger partial charge on any atom is 0.429 e. The number of fused-ring (bicyclic) bond motifs is 3. The number of para-hydroxylation sites is 2. The number of methoxy groups -OCH3 is 1. The summed E-state index contributed by atoms with van der Waals surface area (Å²) in [4.78, 5) is 123. The van der Waals surface area contributed by atoms with Crippen LogP contribution in [-0.2, 0) is 77.1 Å². The Morgan fingerprint density at radius 1 is 0.718 bits per heavy atom. The molecule has 27 nitrogen and oxygen atoms in total. The third-order valence-electron chi connectivity index (χ3n) is 16.6. The smallest absolute Gasteiger partial charge is 0.429 e. The highest BCUT2D eigenvalue weighted by Crippen LogP contribution is 2.34. The van der Waals surface area contributed by atoms with Gasteiger partial charge >= 0.3 is 24.2 Å². The number of carbonyl (C=O) groups excluding carboxylic acids is 8. The molecule has 29 heteroatoms. The van der Waals surface area contributed by atoms with E-state index in [4.69, 9.17) is 24.7 Å². The van der Waals surface area contributed by atoms with Crippen molar-refractivity contribution in [2.75, 3.05) is 65.0 Å². The number of aromatic hydroxyl groups is 1. The average molecular weight is 1450 g/mol. The zero-order valence-corrected chi connectivity index (χ0v) is 61.3. The molecule has 1 unspecified atom stereocenters. The van der Waals surface area contributed by atoms with Crippen LogP contribution in [0.25, 0.3) is 20.4 Å². The molecule has 10 rings (SSSR count). The van der Waals surface area contributed by atoms with Crippen molar-refractivity contribution in [3.05, 3.63) is 185 Å². The molecule has 0 aliphatic carbocycles. The molecule has 103 heavy (non-hydrogen) atoms. The Bertz CT molecular complexity index is 4270. The fourth-order valence-corrected chi connectivity index (χ4v) is 13.3. The summed E-state index contributed by atoms with van der Waals surface area (Å²) >= 11 is 2.64. The zero-order valence-electron chi connectivity index (χ0n) is 59.7. The van der Waals surface area contributed by atoms with Crippen molar-refractivity contribution in [1.29, 1.82) is 0 Å². The van der Waals surface area contributed by atoms with Gasteiger partial charge in [-0.05, 0) is 113 Å². The highest BCUT2D eigenvalue weighted by atomic mass is 32.1. The topological polar surface area (TPSA) is 316 Å². The molecule has 8 aromatic rings. The number of phenolic OH excluding ortho intramolecular Hbond substituents is 1. The quantitative estimate of drug-likeness (QED) is 0.0256. The van der Waals surface area contributed by atoms with E-state index in [-0.39, 0.29) is 75.7 Å². The van der Waals surface area contributed by atoms with Crippen molar-refractivity contribution in [2.24, 2.45) is 0 Å². The van der Waals surface area contributed by atoms with E-state index in [1.165, 1.54) is 46.7 Å². The summed E-state index contributed by atoms with van der Waals surface area (Å²) in [6, 6.07) is 41.3. The van der Waals surface area contributed by atoms with Crippen LogP contribution in [-0.4, -0.2) is 187 Å². The number of ether oxygens (including phenoxy) is 4. The van der Waals surface area contributed by atoms with Gasteiger partial charge in [-0.25, -0.2) is 39.2 Å². The van der Waals surface area contributed by atoms with Gasteiger partial charge in [-0.2, -0.15) is 5.01 Å². The third-order valence-corrected chi connectivity index (χ3v) is 18.4. The number of rotatable bonds is 23. The Balaban J connectivity index is 0.000000255. The molecule has 0 radical (unpaired) electrons. The van der Waals surface area contributed by atoms with E-state index in [0.29, 0.717) is 34.5 Å². The molecular weight excluding hydrogens is 1360 g/mol. The van der Waals surface area contributed by atoms with Crippen LogP contribution in [0.1, 0.15) is 87.4 Å². The van der Waals surface area contributed by atoms with Crippen molar-refractivity contribution >= 4 is 101 Å². The molecule has 2 aliphatic rings. The van der Waals surface area contributed by atoms with Crippen molar-refractivity contribution in [2.45, 2.75) is 130 Å². The number of anilines is 2. The largest absolute Gasteiger partial charge is 0.508 e. The van der Waals surface area contributed by atoms with E-state index in [2.05, 4.69) is 31.2 Å². The Morgan fingerprint density at radius 2 is 1.31 bits per heavy atom. The average Bonchev–Trinajstić information content (AvgIpc) is 1.65. The molecule has 0 saturated carbocycles. The maximum atomic E-state index is 14.9. The van der Waals surface area contributed by atoms with Gasteiger partial charge in [-0.3, -0.25) is 29.5 Å². The molecule has 10 amide bonds. The second-order valence-corrected chi connectivity index (χ2v) is 28.8. The van der Waals surface area contributed by atoms with Crippen LogP contribution in [0, 0.1) is 6.92 Å². The van der Waals surface area contributed by atoms with E-state index in [1.54, 1.807) is 87.7 Å². The van der Waals surface area contributed by atoms with Crippen LogP contribution >= 0.6 is 22.7 Å². The highest BCUT2D eigenvalue weighted by molar-refractivity contribution is 7.22. The molecule has 4 heterocycles. The summed E-state index contributed by atoms with van der Waals surface area (Å²) in [5, 5.41) is 26.8. The molecule has 7 N–H and O–H groups in total. The highest BCUT2D eigenvalue weighted by Gasteiger charge is 2.52. The molecule has 2 aliphatic heterocycles. The lowest BCUT2D eigenvalue weighted by molar-refractivity contribution is -0.157. The number of hydrogen-bond acceptors (Lipinski definition) is 19. The standard InChI is InChI=1S/C44H59N7O9S.C30H31N7O4S/c1-11-58-36(57-10)28-50(26-32-18-15-19-34-37(32)47-39(61-34)48-41(55)59-43(3,4)5)38(53)33(24-30-22-20-29(2)21-23-30)46-35(52)27-51(42(56)60-44(6,7)8)49(9)40(54)45-25-31-16-13-12-14-17-31;1-34(30(41)32-15-20-6-3-2-4-7-20)36-18-26(39)37-23(14-19-10-12-22(38)13-11-19)28(40)35(17-25(36)37)16-21-8-5-9-24-27(21)33-29(31)42-24/h12-23,33,36H,11,24-28H2,1-10H3,(H,45,54)(H,46,52)(H,47,48,55);2-13,23,25,38H,14-18H2,1H3,(H2,31,33)(H,32,41)/t33-,36?;23-,25+/m00/s1. The van der Waals surface area contributed by atoms with Gasteiger partial charge in [0, 0.05) is 66.8 Å². The van der Waals surface area contributed by atoms with E-state index in [1.807, 2.05) is 135 Å². The molecular formula is C74H90N14O13S2. The van der Waals surface area contributed by atoms with Gasteiger partial charge in [0.2, 0.25) is 23.6 Å². The number of hydrogen-bond donors (Lipinski definition) is 6. The van der Waals surface area contributed by atoms with Gasteiger partial charge in [0.1, 0.15) is 41.7 Å². The van der Waals surface area contributed by atoms with Crippen molar-refractivity contribution in [3.63, 3.8) is 0 Å². The van der Waals surface area contributed by atoms with Crippen molar-refractivity contribution in [1.82, 2.24) is 60.7 Å². The summed E-state index contributed by atoms with van der Waals surface area (Å²) in [7, 11) is 4.45. The van der Waals surface area contributed by atoms with Crippen LogP contribution in [0.5, 0.6) is 5.75 Å². The van der Waals surface area contributed by atoms with E-state index in [9.17, 15) is 43.5 Å². The maximum absolute atomic E-state index is 14.9. The second kappa shape index (κ2) is 34.5. The van der Waals surface area contributed by atoms with Gasteiger partial charge < -0.3 is 60.4 Å². The predicted molar refractivity (Wildman–Crippen MR) is 392 cm³/mol. The number of thiazole rings is 2. The first-order valence-electron chi connectivity index (χ1n) is 33.6. The number of aryl methyl sites for hydroxylation is 1. The molecule has 6 aromatic carbocycles. The van der Waals surface area contributed by atoms with Crippen LogP contribution in [0.2, 0.25) is 0 Å². The lowest BCUT2D eigenvalue weighted by Gasteiger charge is -2.45. The van der Waals surface area contributed by atoms with Crippen LogP contribution in [0.15, 0.2) is 146 Å². The molecule has 2 aromatic heterocycles. The number of nitrogens with one attached hydrogen (secondary N) is 4. The number of aromatic nitrogens is 2. The number of nitrogens with zero attached hydrogens (tertiary/aromatic N) is 9. The molecule has 0 spiro atoms. The van der Waals surface area contributed by atoms with Gasteiger partial charge in [0.15, 0.2) is 16.6 Å². The number of urea groups is 2. The van der Waals surface area contributed by atoms with Gasteiger partial charge in [-0.15, -0.1) is 0 Å². The van der Waals surface area contributed by atoms with Gasteiger partial charge in [0.05, 0.1) is 40.1 Å². The summed E-state index contributed by atoms with van der Waals surface area (Å²) in [5.74, 6) is -1.51. The Hall–Kier alpha value is -10.5. The minimum atomic E-state index is -1.16. The van der Waals surface area contributed by atoms with Crippen LogP contribution < -0.4 is 27.0 Å². The second-order valence-electron chi connectivity index (χ2n) is 26.7. The van der Waals surface area contributed by atoms with Gasteiger partial charge in [0.25, 0.3) is 0 Å². The third kappa shape index (κ3) is 21.1. The van der Waals surface area contributed by atoms with Crippen LogP contribution in [0.3, 0.4) is 0 Å². The minimum Gasteiger partial charge on any atom is -0.508 e. The Kier molecular flexibility index (Phi) is 25.7. The monoisotopic (exact) mass is 1450 g/mol. The lowest BCUT2D eigenvalue weighted by atomic mass is 9.99. The fraction of sp³-hybridized carbons (Fsp3) is 0.378. The number of nitrogens with two attached hydrogens (primary N) is 1. The molecule has 2 saturated heterocycles. The first-order valence-corrected chi connectivity index (χ1v) is 35.2. The first-order chi connectivity index (χ1) is 49.0. The van der Waals surface area contributed by atoms with E-state index in [0.717, 1.165) is 58.3 Å². The van der Waals surface area contributed by atoms with E-state index >= 15 is 0 Å².